The highest BCUT2D eigenvalue weighted by Crippen LogP contribution is 2.42. The summed E-state index contributed by atoms with van der Waals surface area (Å²) in [5, 5.41) is 0. The van der Waals surface area contributed by atoms with Crippen LogP contribution >= 0.6 is 0 Å². The number of ketones is 1. The Hall–Kier alpha value is -1.84. The lowest BCUT2D eigenvalue weighted by Gasteiger charge is -2.48. The molecule has 0 bridgehead atoms. The van der Waals surface area contributed by atoms with Crippen LogP contribution in [0.1, 0.15) is 48.5 Å². The second kappa shape index (κ2) is 5.17. The van der Waals surface area contributed by atoms with E-state index in [9.17, 15) is 9.59 Å². The Labute approximate surface area is 125 Å². The Bertz CT molecular complexity index is 596. The topological polar surface area (TPSA) is 46.6 Å². The first-order valence-electron chi connectivity index (χ1n) is 7.59. The zero-order chi connectivity index (χ0) is 15.0. The molecule has 0 aromatic heterocycles. The highest BCUT2D eigenvalue weighted by atomic mass is 16.5. The van der Waals surface area contributed by atoms with Crippen LogP contribution in [0, 0.1) is 0 Å². The lowest BCUT2D eigenvalue weighted by atomic mass is 9.71. The van der Waals surface area contributed by atoms with Gasteiger partial charge in [0.15, 0.2) is 5.78 Å². The van der Waals surface area contributed by atoms with Gasteiger partial charge < -0.3 is 9.64 Å². The number of likely N-dealkylation sites (tertiary alicyclic amines) is 1. The summed E-state index contributed by atoms with van der Waals surface area (Å²) in [5.74, 6) is 0.882. The van der Waals surface area contributed by atoms with E-state index in [1.807, 2.05) is 18.2 Å². The molecule has 1 spiro atoms. The highest BCUT2D eigenvalue weighted by molar-refractivity contribution is 6.07. The molecule has 112 valence electrons. The number of Topliss-reactive ketones (excluding diaryl/α,β-unsaturated/α-hetero) is 1. The fourth-order valence-corrected chi connectivity index (χ4v) is 3.91. The maximum atomic E-state index is 13.1. The molecule has 1 fully saturated rings. The summed E-state index contributed by atoms with van der Waals surface area (Å²) in [6.45, 7) is 2.27. The van der Waals surface area contributed by atoms with Crippen molar-refractivity contribution in [2.75, 3.05) is 13.7 Å². The second-order valence-electron chi connectivity index (χ2n) is 5.97. The summed E-state index contributed by atoms with van der Waals surface area (Å²) in [6.07, 6.45) is 4.27. The van der Waals surface area contributed by atoms with Crippen molar-refractivity contribution in [3.05, 3.63) is 29.3 Å². The number of ether oxygens (including phenoxy) is 1. The van der Waals surface area contributed by atoms with Gasteiger partial charge in [-0.3, -0.25) is 9.59 Å². The molecule has 1 saturated heterocycles. The zero-order valence-electron chi connectivity index (χ0n) is 12.6. The number of piperidine rings is 1. The van der Waals surface area contributed by atoms with Crippen molar-refractivity contribution in [2.45, 2.75) is 44.6 Å². The maximum Gasteiger partial charge on any atom is 0.220 e. The Morgan fingerprint density at radius 2 is 2.10 bits per heavy atom. The van der Waals surface area contributed by atoms with Gasteiger partial charge in [-0.15, -0.1) is 0 Å². The molecule has 0 radical (unpaired) electrons. The molecule has 1 atom stereocenters. The molecule has 21 heavy (non-hydrogen) atoms. The van der Waals surface area contributed by atoms with Crippen LogP contribution in [0.5, 0.6) is 5.75 Å². The smallest absolute Gasteiger partial charge is 0.220 e. The number of nitrogens with zero attached hydrogens (tertiary/aromatic N) is 1. The van der Waals surface area contributed by atoms with E-state index in [4.69, 9.17) is 4.74 Å². The molecule has 1 aromatic carbocycles. The van der Waals surface area contributed by atoms with Crippen molar-refractivity contribution in [1.82, 2.24) is 4.90 Å². The summed E-state index contributed by atoms with van der Waals surface area (Å²) in [5.41, 5.74) is 1.10. The summed E-state index contributed by atoms with van der Waals surface area (Å²) < 4.78 is 5.38. The van der Waals surface area contributed by atoms with Gasteiger partial charge in [0, 0.05) is 24.6 Å². The molecule has 1 aliphatic carbocycles. The summed E-state index contributed by atoms with van der Waals surface area (Å²) in [6, 6.07) is 5.62. The van der Waals surface area contributed by atoms with Crippen molar-refractivity contribution in [3.8, 4) is 5.75 Å². The van der Waals surface area contributed by atoms with E-state index in [2.05, 4.69) is 0 Å². The predicted octanol–water partition coefficient (Wildman–Crippen LogP) is 2.60. The van der Waals surface area contributed by atoms with Crippen LogP contribution in [0.2, 0.25) is 0 Å². The standard InChI is InChI=1S/C17H21NO3/c1-12(19)18-11-4-3-9-17(18)10-8-13-14(16(17)20)6-5-7-15(13)21-2/h5-7H,3-4,8-11H2,1-2H3. The first kappa shape index (κ1) is 14.1. The van der Waals surface area contributed by atoms with Crippen molar-refractivity contribution in [3.63, 3.8) is 0 Å². The molecule has 1 aromatic rings. The van der Waals surface area contributed by atoms with E-state index in [1.165, 1.54) is 0 Å². The van der Waals surface area contributed by atoms with E-state index in [0.717, 1.165) is 42.6 Å². The van der Waals surface area contributed by atoms with E-state index >= 15 is 0 Å². The van der Waals surface area contributed by atoms with Crippen molar-refractivity contribution < 1.29 is 14.3 Å². The van der Waals surface area contributed by atoms with Crippen LogP contribution in [0.25, 0.3) is 0 Å². The van der Waals surface area contributed by atoms with E-state index in [1.54, 1.807) is 18.9 Å². The first-order valence-corrected chi connectivity index (χ1v) is 7.59. The number of amides is 1. The van der Waals surface area contributed by atoms with Gasteiger partial charge >= 0.3 is 0 Å². The number of benzene rings is 1. The van der Waals surface area contributed by atoms with Gasteiger partial charge in [0.05, 0.1) is 7.11 Å². The average molecular weight is 287 g/mol. The molecule has 1 unspecified atom stereocenters. The molecule has 1 aliphatic heterocycles. The SMILES string of the molecule is COc1cccc2c1CCC1(CCCCN1C(C)=O)C2=O. The molecule has 4 nitrogen and oxygen atoms in total. The summed E-state index contributed by atoms with van der Waals surface area (Å²) in [7, 11) is 1.63. The van der Waals surface area contributed by atoms with Crippen molar-refractivity contribution in [1.29, 1.82) is 0 Å². The number of hydrogen-bond donors (Lipinski definition) is 0. The molecule has 0 N–H and O–H groups in total. The fourth-order valence-electron chi connectivity index (χ4n) is 3.91. The van der Waals surface area contributed by atoms with Crippen LogP contribution in [-0.2, 0) is 11.2 Å². The highest BCUT2D eigenvalue weighted by Gasteiger charge is 2.49. The molecule has 1 amide bonds. The number of hydrogen-bond acceptors (Lipinski definition) is 3. The molecule has 3 rings (SSSR count). The van der Waals surface area contributed by atoms with Gasteiger partial charge in [0.25, 0.3) is 0 Å². The Kier molecular flexibility index (Phi) is 3.47. The number of carbonyl (C=O) groups is 2. The minimum Gasteiger partial charge on any atom is -0.496 e. The molecule has 0 saturated carbocycles. The number of rotatable bonds is 1. The van der Waals surface area contributed by atoms with Crippen molar-refractivity contribution in [2.24, 2.45) is 0 Å². The second-order valence-corrected chi connectivity index (χ2v) is 5.97. The molecule has 1 heterocycles. The van der Waals surface area contributed by atoms with Gasteiger partial charge in [0.2, 0.25) is 5.91 Å². The van der Waals surface area contributed by atoms with Gasteiger partial charge in [-0.2, -0.15) is 0 Å². The fraction of sp³-hybridized carbons (Fsp3) is 0.529. The van der Waals surface area contributed by atoms with Crippen LogP contribution in [0.15, 0.2) is 18.2 Å². The lowest BCUT2D eigenvalue weighted by Crippen LogP contribution is -2.60. The van der Waals surface area contributed by atoms with Gasteiger partial charge in [-0.25, -0.2) is 0 Å². The van der Waals surface area contributed by atoms with Crippen LogP contribution in [0.3, 0.4) is 0 Å². The summed E-state index contributed by atoms with van der Waals surface area (Å²) in [4.78, 5) is 26.9. The Morgan fingerprint density at radius 3 is 2.81 bits per heavy atom. The maximum absolute atomic E-state index is 13.1. The molecular formula is C17H21NO3. The van der Waals surface area contributed by atoms with Crippen molar-refractivity contribution >= 4 is 11.7 Å². The predicted molar refractivity (Wildman–Crippen MR) is 79.6 cm³/mol. The van der Waals surface area contributed by atoms with Gasteiger partial charge in [-0.05, 0) is 38.2 Å². The minimum absolute atomic E-state index is 0.00870. The quantitative estimate of drug-likeness (QED) is 0.797. The third-order valence-corrected chi connectivity index (χ3v) is 4.93. The number of carbonyl (C=O) groups excluding carboxylic acids is 2. The third-order valence-electron chi connectivity index (χ3n) is 4.93. The van der Waals surface area contributed by atoms with Crippen LogP contribution < -0.4 is 4.74 Å². The van der Waals surface area contributed by atoms with E-state index < -0.39 is 5.54 Å². The van der Waals surface area contributed by atoms with Crippen LogP contribution in [0.4, 0.5) is 0 Å². The normalized spacial score (nSPS) is 24.9. The number of fused-ring (bicyclic) bond motifs is 1. The average Bonchev–Trinajstić information content (AvgIpc) is 2.51. The third kappa shape index (κ3) is 2.04. The summed E-state index contributed by atoms with van der Waals surface area (Å²) >= 11 is 0. The van der Waals surface area contributed by atoms with E-state index in [0.29, 0.717) is 13.0 Å². The van der Waals surface area contributed by atoms with Gasteiger partial charge in [-0.1, -0.05) is 12.1 Å². The largest absolute Gasteiger partial charge is 0.496 e. The Morgan fingerprint density at radius 1 is 1.29 bits per heavy atom. The molecule has 4 heteroatoms. The first-order chi connectivity index (χ1) is 10.1. The Balaban J connectivity index is 2.07. The van der Waals surface area contributed by atoms with E-state index in [-0.39, 0.29) is 11.7 Å². The molecule has 2 aliphatic rings. The van der Waals surface area contributed by atoms with Gasteiger partial charge in [0.1, 0.15) is 11.3 Å². The van der Waals surface area contributed by atoms with Crippen LogP contribution in [-0.4, -0.2) is 35.8 Å². The molecular weight excluding hydrogens is 266 g/mol. The lowest BCUT2D eigenvalue weighted by molar-refractivity contribution is -0.136. The number of methoxy groups -OCH3 is 1. The zero-order valence-corrected chi connectivity index (χ0v) is 12.6. The minimum atomic E-state index is -0.622. The monoisotopic (exact) mass is 287 g/mol.